The zero-order chi connectivity index (χ0) is 16.1. The molecule has 1 heterocycles. The van der Waals surface area contributed by atoms with Crippen LogP contribution in [0.2, 0.25) is 0 Å². The van der Waals surface area contributed by atoms with Crippen LogP contribution in [-0.4, -0.2) is 28.3 Å². The first-order valence-electron chi connectivity index (χ1n) is 7.39. The maximum atomic E-state index is 12.3. The minimum Gasteiger partial charge on any atom is -0.352 e. The molecular weight excluding hydrogens is 380 g/mol. The van der Waals surface area contributed by atoms with Crippen molar-refractivity contribution in [1.29, 1.82) is 0 Å². The van der Waals surface area contributed by atoms with Crippen molar-refractivity contribution in [3.8, 4) is 5.69 Å². The predicted molar refractivity (Wildman–Crippen MR) is 98.5 cm³/mol. The van der Waals surface area contributed by atoms with Crippen LogP contribution in [-0.2, 0) is 6.42 Å². The predicted octanol–water partition coefficient (Wildman–Crippen LogP) is 3.09. The highest BCUT2D eigenvalue weighted by Crippen LogP contribution is 2.18. The highest BCUT2D eigenvalue weighted by Gasteiger charge is 2.16. The lowest BCUT2D eigenvalue weighted by molar-refractivity contribution is 0.0952. The topological polar surface area (TPSA) is 72.9 Å². The van der Waals surface area contributed by atoms with Gasteiger partial charge in [-0.1, -0.05) is 22.9 Å². The molecule has 0 radical (unpaired) electrons. The number of benzene rings is 1. The van der Waals surface area contributed by atoms with E-state index in [-0.39, 0.29) is 24.4 Å². The molecule has 7 heteroatoms. The average Bonchev–Trinajstić information content (AvgIpc) is 2.91. The quantitative estimate of drug-likeness (QED) is 0.781. The zero-order valence-electron chi connectivity index (χ0n) is 13.3. The Balaban J connectivity index is 0.00000264. The lowest BCUT2D eigenvalue weighted by Gasteiger charge is -2.09. The van der Waals surface area contributed by atoms with Crippen LogP contribution in [0.15, 0.2) is 34.9 Å². The minimum absolute atomic E-state index is 0. The van der Waals surface area contributed by atoms with Gasteiger partial charge in [0.1, 0.15) is 0 Å². The van der Waals surface area contributed by atoms with Gasteiger partial charge in [0.15, 0.2) is 0 Å². The van der Waals surface area contributed by atoms with Gasteiger partial charge in [0.2, 0.25) is 0 Å². The maximum absolute atomic E-state index is 12.3. The fourth-order valence-corrected chi connectivity index (χ4v) is 2.48. The Morgan fingerprint density at radius 1 is 1.39 bits per heavy atom. The summed E-state index contributed by atoms with van der Waals surface area (Å²) in [6.45, 7) is 4.52. The van der Waals surface area contributed by atoms with Gasteiger partial charge in [0, 0.05) is 17.1 Å². The lowest BCUT2D eigenvalue weighted by Crippen LogP contribution is -2.29. The van der Waals surface area contributed by atoms with E-state index in [9.17, 15) is 4.79 Å². The number of amides is 1. The standard InChI is InChI=1S/C16H21BrN4O.ClH/c1-3-15-14(16(22)19-9-8-11(2)18)10-20-21(15)13-6-4-12(17)5-7-13;/h4-7,10-11H,3,8-9,18H2,1-2H3,(H,19,22);1H. The summed E-state index contributed by atoms with van der Waals surface area (Å²) in [5.74, 6) is -0.0964. The monoisotopic (exact) mass is 400 g/mol. The average molecular weight is 402 g/mol. The van der Waals surface area contributed by atoms with Crippen LogP contribution in [0.1, 0.15) is 36.3 Å². The number of halogens is 2. The van der Waals surface area contributed by atoms with Crippen molar-refractivity contribution in [2.45, 2.75) is 32.7 Å². The third-order valence-corrected chi connectivity index (χ3v) is 3.93. The van der Waals surface area contributed by atoms with Crippen LogP contribution in [0, 0.1) is 0 Å². The number of nitrogens with two attached hydrogens (primary N) is 1. The second-order valence-electron chi connectivity index (χ2n) is 5.27. The largest absolute Gasteiger partial charge is 0.352 e. The van der Waals surface area contributed by atoms with Crippen LogP contribution in [0.5, 0.6) is 0 Å². The van der Waals surface area contributed by atoms with Crippen molar-refractivity contribution in [3.05, 3.63) is 46.2 Å². The fourth-order valence-electron chi connectivity index (χ4n) is 2.22. The molecule has 1 unspecified atom stereocenters. The second kappa shape index (κ2) is 9.05. The summed E-state index contributed by atoms with van der Waals surface area (Å²) >= 11 is 3.42. The second-order valence-corrected chi connectivity index (χ2v) is 6.18. The summed E-state index contributed by atoms with van der Waals surface area (Å²) in [6.07, 6.45) is 3.11. The first kappa shape index (κ1) is 19.7. The Bertz CT molecular complexity index is 640. The van der Waals surface area contributed by atoms with Crippen LogP contribution in [0.3, 0.4) is 0 Å². The summed E-state index contributed by atoms with van der Waals surface area (Å²) in [7, 11) is 0. The summed E-state index contributed by atoms with van der Waals surface area (Å²) in [6, 6.07) is 7.93. The molecule has 5 nitrogen and oxygen atoms in total. The summed E-state index contributed by atoms with van der Waals surface area (Å²) in [5.41, 5.74) is 8.16. The van der Waals surface area contributed by atoms with E-state index in [1.165, 1.54) is 0 Å². The van der Waals surface area contributed by atoms with Gasteiger partial charge in [-0.2, -0.15) is 5.10 Å². The first-order valence-corrected chi connectivity index (χ1v) is 8.18. The molecule has 0 aliphatic carbocycles. The number of aromatic nitrogens is 2. The Hall–Kier alpha value is -1.37. The van der Waals surface area contributed by atoms with E-state index in [0.717, 1.165) is 28.7 Å². The summed E-state index contributed by atoms with van der Waals surface area (Å²) in [4.78, 5) is 12.3. The van der Waals surface area contributed by atoms with E-state index in [1.54, 1.807) is 6.20 Å². The van der Waals surface area contributed by atoms with Crippen molar-refractivity contribution in [2.24, 2.45) is 5.73 Å². The molecule has 1 amide bonds. The van der Waals surface area contributed by atoms with Crippen LogP contribution in [0.4, 0.5) is 0 Å². The molecule has 0 fully saturated rings. The van der Waals surface area contributed by atoms with Gasteiger partial charge >= 0.3 is 0 Å². The summed E-state index contributed by atoms with van der Waals surface area (Å²) < 4.78 is 2.82. The third kappa shape index (κ3) is 5.06. The van der Waals surface area contributed by atoms with Crippen LogP contribution in [0.25, 0.3) is 5.69 Å². The molecule has 0 spiro atoms. The van der Waals surface area contributed by atoms with Gasteiger partial charge in [0.05, 0.1) is 23.1 Å². The number of nitrogens with one attached hydrogen (secondary N) is 1. The number of hydrogen-bond acceptors (Lipinski definition) is 3. The number of nitrogens with zero attached hydrogens (tertiary/aromatic N) is 2. The molecule has 0 bridgehead atoms. The lowest BCUT2D eigenvalue weighted by atomic mass is 10.1. The SMILES string of the molecule is CCc1c(C(=O)NCCC(C)N)cnn1-c1ccc(Br)cc1.Cl. The van der Waals surface area contributed by atoms with Crippen LogP contribution >= 0.6 is 28.3 Å². The molecule has 0 saturated heterocycles. The van der Waals surface area contributed by atoms with Gasteiger partial charge in [-0.15, -0.1) is 12.4 Å². The van der Waals surface area contributed by atoms with Crippen molar-refractivity contribution >= 4 is 34.2 Å². The molecule has 2 rings (SSSR count). The number of rotatable bonds is 6. The highest BCUT2D eigenvalue weighted by atomic mass is 79.9. The van der Waals surface area contributed by atoms with Crippen molar-refractivity contribution in [3.63, 3.8) is 0 Å². The third-order valence-electron chi connectivity index (χ3n) is 3.40. The van der Waals surface area contributed by atoms with E-state index in [2.05, 4.69) is 26.3 Å². The Labute approximate surface area is 151 Å². The van der Waals surface area contributed by atoms with Gasteiger partial charge in [-0.3, -0.25) is 4.79 Å². The summed E-state index contributed by atoms with van der Waals surface area (Å²) in [5, 5.41) is 7.27. The van der Waals surface area contributed by atoms with E-state index < -0.39 is 0 Å². The normalized spacial score (nSPS) is 11.7. The number of hydrogen-bond donors (Lipinski definition) is 2. The molecular formula is C16H22BrClN4O. The molecule has 0 aliphatic rings. The maximum Gasteiger partial charge on any atom is 0.254 e. The molecule has 126 valence electrons. The smallest absolute Gasteiger partial charge is 0.254 e. The Morgan fingerprint density at radius 3 is 2.61 bits per heavy atom. The molecule has 0 aliphatic heterocycles. The molecule has 23 heavy (non-hydrogen) atoms. The van der Waals surface area contributed by atoms with Gasteiger partial charge in [-0.25, -0.2) is 4.68 Å². The number of carbonyl (C=O) groups excluding carboxylic acids is 1. The van der Waals surface area contributed by atoms with E-state index in [1.807, 2.05) is 42.8 Å². The van der Waals surface area contributed by atoms with E-state index >= 15 is 0 Å². The fraction of sp³-hybridized carbons (Fsp3) is 0.375. The zero-order valence-corrected chi connectivity index (χ0v) is 15.7. The van der Waals surface area contributed by atoms with E-state index in [4.69, 9.17) is 5.73 Å². The molecule has 1 atom stereocenters. The van der Waals surface area contributed by atoms with Gasteiger partial charge in [0.25, 0.3) is 5.91 Å². The van der Waals surface area contributed by atoms with Crippen molar-refractivity contribution in [1.82, 2.24) is 15.1 Å². The van der Waals surface area contributed by atoms with Crippen molar-refractivity contribution in [2.75, 3.05) is 6.54 Å². The molecule has 3 N–H and O–H groups in total. The van der Waals surface area contributed by atoms with Crippen LogP contribution < -0.4 is 11.1 Å². The Morgan fingerprint density at radius 2 is 2.04 bits per heavy atom. The minimum atomic E-state index is -0.0964. The van der Waals surface area contributed by atoms with Gasteiger partial charge in [-0.05, 0) is 44.0 Å². The molecule has 1 aromatic carbocycles. The molecule has 2 aromatic rings. The van der Waals surface area contributed by atoms with Gasteiger partial charge < -0.3 is 11.1 Å². The van der Waals surface area contributed by atoms with E-state index in [0.29, 0.717) is 12.1 Å². The van der Waals surface area contributed by atoms with Crippen molar-refractivity contribution < 1.29 is 4.79 Å². The molecule has 0 saturated carbocycles. The first-order chi connectivity index (χ1) is 10.5. The number of carbonyl (C=O) groups is 1. The highest BCUT2D eigenvalue weighted by molar-refractivity contribution is 9.10. The Kier molecular flexibility index (Phi) is 7.75. The molecule has 1 aromatic heterocycles.